The molecule has 4 aromatic rings. The normalized spacial score (nSPS) is 14.1. The second kappa shape index (κ2) is 8.25. The van der Waals surface area contributed by atoms with Gasteiger partial charge in [0.15, 0.2) is 17.2 Å². The van der Waals surface area contributed by atoms with E-state index in [1.54, 1.807) is 36.1 Å². The Morgan fingerprint density at radius 2 is 1.94 bits per heavy atom. The standard InChI is InChI=1S/C24H20N4O4S/c1-3-27-18-11-16(9-10-19(18)32-13-21(27)29)22(30)14(2)28-24(31)17-12-20(33-23(17)25-26-28)15-7-5-4-6-8-15/h4-12,14H,3,13H2,1-2H3. The molecule has 9 heteroatoms. The van der Waals surface area contributed by atoms with Crippen LogP contribution in [-0.2, 0) is 4.79 Å². The van der Waals surface area contributed by atoms with Gasteiger partial charge in [0.25, 0.3) is 11.5 Å². The van der Waals surface area contributed by atoms with Gasteiger partial charge in [-0.3, -0.25) is 14.4 Å². The predicted octanol–water partition coefficient (Wildman–Crippen LogP) is 3.71. The van der Waals surface area contributed by atoms with Crippen LogP contribution in [0.15, 0.2) is 59.4 Å². The number of anilines is 1. The fourth-order valence-electron chi connectivity index (χ4n) is 3.91. The van der Waals surface area contributed by atoms with Crippen LogP contribution in [-0.4, -0.2) is 39.8 Å². The zero-order valence-corrected chi connectivity index (χ0v) is 18.8. The summed E-state index contributed by atoms with van der Waals surface area (Å²) < 4.78 is 6.59. The van der Waals surface area contributed by atoms with Crippen molar-refractivity contribution in [2.24, 2.45) is 0 Å². The van der Waals surface area contributed by atoms with E-state index in [1.807, 2.05) is 37.3 Å². The van der Waals surface area contributed by atoms with E-state index in [-0.39, 0.29) is 23.9 Å². The Kier molecular flexibility index (Phi) is 5.26. The van der Waals surface area contributed by atoms with Gasteiger partial charge in [-0.1, -0.05) is 35.5 Å². The number of Topliss-reactive ketones (excluding diaryl/α,β-unsaturated/α-hetero) is 1. The van der Waals surface area contributed by atoms with Crippen molar-refractivity contribution in [3.05, 3.63) is 70.5 Å². The van der Waals surface area contributed by atoms with Crippen molar-refractivity contribution in [2.75, 3.05) is 18.1 Å². The Balaban J connectivity index is 1.50. The number of nitrogens with zero attached hydrogens (tertiary/aromatic N) is 4. The van der Waals surface area contributed by atoms with E-state index in [9.17, 15) is 14.4 Å². The molecule has 0 fully saturated rings. The maximum Gasteiger partial charge on any atom is 0.279 e. The van der Waals surface area contributed by atoms with Gasteiger partial charge in [-0.25, -0.2) is 0 Å². The molecule has 0 saturated carbocycles. The molecule has 33 heavy (non-hydrogen) atoms. The molecular formula is C24H20N4O4S. The van der Waals surface area contributed by atoms with Crippen LogP contribution in [0.5, 0.6) is 5.75 Å². The largest absolute Gasteiger partial charge is 0.482 e. The number of likely N-dealkylation sites (N-methyl/N-ethyl adjacent to an activating group) is 1. The summed E-state index contributed by atoms with van der Waals surface area (Å²) >= 11 is 1.38. The van der Waals surface area contributed by atoms with E-state index in [4.69, 9.17) is 4.74 Å². The van der Waals surface area contributed by atoms with Gasteiger partial charge in [0.1, 0.15) is 11.8 Å². The van der Waals surface area contributed by atoms with Crippen LogP contribution in [0, 0.1) is 0 Å². The summed E-state index contributed by atoms with van der Waals surface area (Å²) in [5.41, 5.74) is 1.53. The molecule has 2 aromatic carbocycles. The second-order valence-electron chi connectivity index (χ2n) is 7.68. The number of ether oxygens (including phenoxy) is 1. The first-order valence-electron chi connectivity index (χ1n) is 10.5. The number of hydrogen-bond acceptors (Lipinski definition) is 7. The minimum absolute atomic E-state index is 0.0266. The molecule has 1 atom stereocenters. The van der Waals surface area contributed by atoms with Crippen LogP contribution < -0.4 is 15.2 Å². The number of amides is 1. The lowest BCUT2D eigenvalue weighted by Crippen LogP contribution is -2.38. The molecule has 0 N–H and O–H groups in total. The quantitative estimate of drug-likeness (QED) is 0.422. The maximum atomic E-state index is 13.3. The van der Waals surface area contributed by atoms with Crippen molar-refractivity contribution >= 4 is 38.9 Å². The van der Waals surface area contributed by atoms with Gasteiger partial charge in [0, 0.05) is 17.0 Å². The van der Waals surface area contributed by atoms with Gasteiger partial charge < -0.3 is 9.64 Å². The minimum atomic E-state index is -0.872. The number of thiophene rings is 1. The first-order chi connectivity index (χ1) is 16.0. The smallest absolute Gasteiger partial charge is 0.279 e. The van der Waals surface area contributed by atoms with Gasteiger partial charge in [-0.05, 0) is 43.7 Å². The molecule has 1 amide bonds. The summed E-state index contributed by atoms with van der Waals surface area (Å²) in [6.45, 7) is 3.92. The Bertz CT molecular complexity index is 1440. The predicted molar refractivity (Wildman–Crippen MR) is 126 cm³/mol. The van der Waals surface area contributed by atoms with Gasteiger partial charge in [-0.15, -0.1) is 16.4 Å². The molecule has 0 bridgehead atoms. The maximum absolute atomic E-state index is 13.3. The third-order valence-electron chi connectivity index (χ3n) is 5.69. The van der Waals surface area contributed by atoms with Gasteiger partial charge in [0.05, 0.1) is 11.1 Å². The molecule has 0 spiro atoms. The zero-order valence-electron chi connectivity index (χ0n) is 18.0. The molecule has 0 radical (unpaired) electrons. The molecular weight excluding hydrogens is 440 g/mol. The number of carbonyl (C=O) groups excluding carboxylic acids is 2. The minimum Gasteiger partial charge on any atom is -0.482 e. The summed E-state index contributed by atoms with van der Waals surface area (Å²) in [4.78, 5) is 41.6. The molecule has 8 nitrogen and oxygen atoms in total. The van der Waals surface area contributed by atoms with Crippen LogP contribution in [0.3, 0.4) is 0 Å². The second-order valence-corrected chi connectivity index (χ2v) is 8.71. The van der Waals surface area contributed by atoms with Gasteiger partial charge in [0.2, 0.25) is 0 Å². The molecule has 0 saturated heterocycles. The Labute approximate surface area is 193 Å². The highest BCUT2D eigenvalue weighted by Crippen LogP contribution is 2.34. The number of rotatable bonds is 5. The van der Waals surface area contributed by atoms with Crippen molar-refractivity contribution in [2.45, 2.75) is 19.9 Å². The fourth-order valence-corrected chi connectivity index (χ4v) is 4.89. The highest BCUT2D eigenvalue weighted by atomic mass is 32.1. The highest BCUT2D eigenvalue weighted by molar-refractivity contribution is 7.21. The van der Waals surface area contributed by atoms with E-state index in [2.05, 4.69) is 10.3 Å². The lowest BCUT2D eigenvalue weighted by molar-refractivity contribution is -0.121. The van der Waals surface area contributed by atoms with Gasteiger partial charge >= 0.3 is 0 Å². The van der Waals surface area contributed by atoms with Gasteiger partial charge in [-0.2, -0.15) is 4.68 Å². The van der Waals surface area contributed by atoms with Crippen LogP contribution in [0.2, 0.25) is 0 Å². The molecule has 0 aliphatic carbocycles. The monoisotopic (exact) mass is 460 g/mol. The lowest BCUT2D eigenvalue weighted by atomic mass is 10.0. The number of benzene rings is 2. The molecule has 1 aliphatic rings. The third-order valence-corrected chi connectivity index (χ3v) is 6.76. The summed E-state index contributed by atoms with van der Waals surface area (Å²) in [5.74, 6) is 0.0775. The van der Waals surface area contributed by atoms with E-state index in [1.165, 1.54) is 11.3 Å². The van der Waals surface area contributed by atoms with Crippen molar-refractivity contribution in [3.63, 3.8) is 0 Å². The molecule has 5 rings (SSSR count). The number of ketones is 1. The zero-order chi connectivity index (χ0) is 23.1. The molecule has 1 unspecified atom stereocenters. The summed E-state index contributed by atoms with van der Waals surface area (Å²) in [6.07, 6.45) is 0. The molecule has 1 aliphatic heterocycles. The van der Waals surface area contributed by atoms with Crippen molar-refractivity contribution in [3.8, 4) is 16.2 Å². The van der Waals surface area contributed by atoms with E-state index in [0.29, 0.717) is 33.8 Å². The first-order valence-corrected chi connectivity index (χ1v) is 11.4. The van der Waals surface area contributed by atoms with Crippen LogP contribution in [0.25, 0.3) is 20.7 Å². The Hall–Kier alpha value is -3.85. The van der Waals surface area contributed by atoms with Crippen molar-refractivity contribution < 1.29 is 14.3 Å². The Morgan fingerprint density at radius 3 is 2.70 bits per heavy atom. The van der Waals surface area contributed by atoms with E-state index < -0.39 is 6.04 Å². The summed E-state index contributed by atoms with van der Waals surface area (Å²) in [5, 5.41) is 8.67. The van der Waals surface area contributed by atoms with Crippen LogP contribution >= 0.6 is 11.3 Å². The third kappa shape index (κ3) is 3.60. The van der Waals surface area contributed by atoms with E-state index in [0.717, 1.165) is 15.1 Å². The topological polar surface area (TPSA) is 94.4 Å². The average Bonchev–Trinajstić information content (AvgIpc) is 3.29. The first kappa shape index (κ1) is 21.0. The van der Waals surface area contributed by atoms with Crippen molar-refractivity contribution in [1.29, 1.82) is 0 Å². The van der Waals surface area contributed by atoms with Crippen LogP contribution in [0.4, 0.5) is 5.69 Å². The SMILES string of the molecule is CCN1C(=O)COc2ccc(C(=O)C(C)n3nnc4sc(-c5ccccc5)cc4c3=O)cc21. The average molecular weight is 461 g/mol. The number of carbonyl (C=O) groups is 2. The van der Waals surface area contributed by atoms with Crippen molar-refractivity contribution in [1.82, 2.24) is 15.0 Å². The summed E-state index contributed by atoms with van der Waals surface area (Å²) in [6, 6.07) is 15.6. The van der Waals surface area contributed by atoms with E-state index >= 15 is 0 Å². The molecule has 3 heterocycles. The molecule has 166 valence electrons. The number of aromatic nitrogens is 3. The highest BCUT2D eigenvalue weighted by Gasteiger charge is 2.27. The number of hydrogen-bond donors (Lipinski definition) is 0. The molecule has 2 aromatic heterocycles. The van der Waals surface area contributed by atoms with Crippen LogP contribution in [0.1, 0.15) is 30.2 Å². The summed E-state index contributed by atoms with van der Waals surface area (Å²) in [7, 11) is 0. The Morgan fingerprint density at radius 1 is 1.15 bits per heavy atom. The fraction of sp³-hybridized carbons (Fsp3) is 0.208. The number of fused-ring (bicyclic) bond motifs is 2. The lowest BCUT2D eigenvalue weighted by Gasteiger charge is -2.28.